The van der Waals surface area contributed by atoms with Gasteiger partial charge in [0.15, 0.2) is 6.20 Å². The number of aryl methyl sites for hydroxylation is 1. The molecule has 0 aliphatic heterocycles. The quantitative estimate of drug-likeness (QED) is 0.350. The minimum atomic E-state index is -0.857. The molecule has 3 N–H and O–H groups in total. The average Bonchev–Trinajstić information content (AvgIpc) is 2.33. The summed E-state index contributed by atoms with van der Waals surface area (Å²) in [6.45, 7) is 1.47. The van der Waals surface area contributed by atoms with E-state index in [2.05, 4.69) is 10.7 Å². The fourth-order valence-corrected chi connectivity index (χ4v) is 0.856. The normalized spacial score (nSPS) is 11.4. The third kappa shape index (κ3) is 4.11. The van der Waals surface area contributed by atoms with Gasteiger partial charge in [0.05, 0.1) is 7.05 Å². The maximum Gasteiger partial charge on any atom is 0.352 e. The summed E-state index contributed by atoms with van der Waals surface area (Å²) in [6, 6.07) is -0.453. The van der Waals surface area contributed by atoms with Crippen molar-refractivity contribution in [2.45, 2.75) is 13.2 Å². The van der Waals surface area contributed by atoms with Gasteiger partial charge in [0.25, 0.3) is 6.33 Å². The molecular weight excluding hydrogens is 208 g/mol. The smallest absolute Gasteiger partial charge is 0.352 e. The van der Waals surface area contributed by atoms with Gasteiger partial charge in [-0.15, -0.1) is 4.68 Å². The van der Waals surface area contributed by atoms with E-state index in [4.69, 9.17) is 5.11 Å². The molecule has 1 unspecified atom stereocenters. The number of rotatable bonds is 2. The number of halogens is 1. The Balaban J connectivity index is 0.00000169. The van der Waals surface area contributed by atoms with Gasteiger partial charge in [-0.05, 0) is 6.92 Å². The van der Waals surface area contributed by atoms with Crippen molar-refractivity contribution in [3.8, 4) is 0 Å². The third-order valence-electron chi connectivity index (χ3n) is 1.34. The van der Waals surface area contributed by atoms with Crippen molar-refractivity contribution in [2.75, 3.05) is 5.43 Å². The Morgan fingerprint density at radius 1 is 1.64 bits per heavy atom. The Labute approximate surface area is 87.9 Å². The van der Waals surface area contributed by atoms with Crippen LogP contribution in [0.3, 0.4) is 0 Å². The van der Waals surface area contributed by atoms with Gasteiger partial charge in [-0.1, -0.05) is 0 Å². The van der Waals surface area contributed by atoms with Crippen LogP contribution in [0.5, 0.6) is 0 Å². The Morgan fingerprint density at radius 3 is 2.71 bits per heavy atom. The Morgan fingerprint density at radius 2 is 2.29 bits per heavy atom. The molecule has 0 bridgehead atoms. The molecule has 0 aromatic carbocycles. The highest BCUT2D eigenvalue weighted by atomic mass is 35.5. The second kappa shape index (κ2) is 5.46. The van der Waals surface area contributed by atoms with E-state index in [1.165, 1.54) is 11.6 Å². The predicted octanol–water partition coefficient (Wildman–Crippen LogP) is -4.09. The zero-order chi connectivity index (χ0) is 9.84. The van der Waals surface area contributed by atoms with E-state index in [-0.39, 0.29) is 12.4 Å². The number of aromatic nitrogens is 2. The van der Waals surface area contributed by atoms with Gasteiger partial charge in [-0.3, -0.25) is 0 Å². The molecule has 1 aromatic rings. The minimum absolute atomic E-state index is 0. The number of amides is 2. The molecule has 1 heterocycles. The molecule has 1 atom stereocenters. The molecule has 0 fully saturated rings. The maximum absolute atomic E-state index is 11.0. The molecule has 1 rings (SSSR count). The summed E-state index contributed by atoms with van der Waals surface area (Å²) in [7, 11) is 1.84. The number of aliphatic hydroxyl groups excluding tert-OH is 1. The van der Waals surface area contributed by atoms with Crippen molar-refractivity contribution in [2.24, 2.45) is 7.05 Å². The highest BCUT2D eigenvalue weighted by molar-refractivity contribution is 5.81. The lowest BCUT2D eigenvalue weighted by Crippen LogP contribution is -3.00. The van der Waals surface area contributed by atoms with Gasteiger partial charge in [0.2, 0.25) is 0 Å². The molecule has 14 heavy (non-hydrogen) atoms. The van der Waals surface area contributed by atoms with Crippen molar-refractivity contribution in [1.29, 1.82) is 0 Å². The SMILES string of the molecule is CC(O)NC(=O)Nn1cc[n+](C)c1.[Cl-]. The molecule has 6 nitrogen and oxygen atoms in total. The van der Waals surface area contributed by atoms with Crippen LogP contribution >= 0.6 is 0 Å². The number of carbonyl (C=O) groups excluding carboxylic acids is 1. The number of carbonyl (C=O) groups is 1. The number of aliphatic hydroxyl groups is 1. The zero-order valence-electron chi connectivity index (χ0n) is 7.94. The summed E-state index contributed by atoms with van der Waals surface area (Å²) in [4.78, 5) is 11.0. The van der Waals surface area contributed by atoms with E-state index in [1.807, 2.05) is 7.05 Å². The van der Waals surface area contributed by atoms with Gasteiger partial charge in [0.1, 0.15) is 12.4 Å². The van der Waals surface area contributed by atoms with E-state index >= 15 is 0 Å². The predicted molar refractivity (Wildman–Crippen MR) is 45.2 cm³/mol. The van der Waals surface area contributed by atoms with Crippen LogP contribution in [0.2, 0.25) is 0 Å². The number of hydrogen-bond acceptors (Lipinski definition) is 2. The first-order valence-corrected chi connectivity index (χ1v) is 3.87. The monoisotopic (exact) mass is 220 g/mol. The Hall–Kier alpha value is -1.27. The first kappa shape index (κ1) is 12.7. The molecule has 80 valence electrons. The standard InChI is InChI=1S/C7H12N4O2.ClH/c1-6(12)8-7(13)9-11-4-3-10(2)5-11;/h3-6,12H,1-2H3,(H-,8,9,13);1H. The lowest BCUT2D eigenvalue weighted by atomic mass is 10.7. The van der Waals surface area contributed by atoms with E-state index in [0.29, 0.717) is 0 Å². The zero-order valence-corrected chi connectivity index (χ0v) is 8.69. The van der Waals surface area contributed by atoms with Gasteiger partial charge < -0.3 is 22.8 Å². The number of hydrogen-bond donors (Lipinski definition) is 3. The maximum atomic E-state index is 11.0. The lowest BCUT2D eigenvalue weighted by Gasteiger charge is -2.05. The van der Waals surface area contributed by atoms with Crippen molar-refractivity contribution < 1.29 is 26.9 Å². The molecular formula is C7H13ClN4O2. The first-order valence-electron chi connectivity index (χ1n) is 3.87. The van der Waals surface area contributed by atoms with Crippen LogP contribution in [0.1, 0.15) is 6.92 Å². The summed E-state index contributed by atoms with van der Waals surface area (Å²) in [6.07, 6.45) is 4.29. The van der Waals surface area contributed by atoms with Crippen LogP contribution in [0.25, 0.3) is 0 Å². The molecule has 0 spiro atoms. The van der Waals surface area contributed by atoms with Gasteiger partial charge in [-0.2, -0.15) is 5.43 Å². The largest absolute Gasteiger partial charge is 1.00 e. The molecule has 2 amide bonds. The minimum Gasteiger partial charge on any atom is -1.00 e. The summed E-state index contributed by atoms with van der Waals surface area (Å²) < 4.78 is 3.26. The first-order chi connectivity index (χ1) is 6.08. The van der Waals surface area contributed by atoms with Crippen LogP contribution in [0.15, 0.2) is 18.7 Å². The van der Waals surface area contributed by atoms with Crippen LogP contribution < -0.4 is 27.7 Å². The summed E-state index contributed by atoms with van der Waals surface area (Å²) in [5, 5.41) is 11.1. The second-order valence-corrected chi connectivity index (χ2v) is 2.75. The van der Waals surface area contributed by atoms with Crippen LogP contribution in [-0.4, -0.2) is 22.0 Å². The van der Waals surface area contributed by atoms with Crippen molar-refractivity contribution in [3.05, 3.63) is 18.7 Å². The highest BCUT2D eigenvalue weighted by Gasteiger charge is 2.06. The van der Waals surface area contributed by atoms with E-state index in [9.17, 15) is 4.79 Å². The van der Waals surface area contributed by atoms with Crippen LogP contribution in [0, 0.1) is 0 Å². The summed E-state index contributed by atoms with van der Waals surface area (Å²) in [5.74, 6) is 0. The van der Waals surface area contributed by atoms with Crippen LogP contribution in [0.4, 0.5) is 4.79 Å². The summed E-state index contributed by atoms with van der Waals surface area (Å²) >= 11 is 0. The lowest BCUT2D eigenvalue weighted by molar-refractivity contribution is -0.670. The fraction of sp³-hybridized carbons (Fsp3) is 0.429. The summed E-state index contributed by atoms with van der Waals surface area (Å²) in [5.41, 5.74) is 2.48. The number of imidazole rings is 1. The Bertz CT molecular complexity index is 300. The van der Waals surface area contributed by atoms with Gasteiger partial charge >= 0.3 is 6.03 Å². The third-order valence-corrected chi connectivity index (χ3v) is 1.34. The second-order valence-electron chi connectivity index (χ2n) is 2.75. The van der Waals surface area contributed by atoms with Crippen LogP contribution in [-0.2, 0) is 7.05 Å². The fourth-order valence-electron chi connectivity index (χ4n) is 0.856. The van der Waals surface area contributed by atoms with Crippen molar-refractivity contribution >= 4 is 6.03 Å². The molecule has 0 saturated heterocycles. The van der Waals surface area contributed by atoms with E-state index in [0.717, 1.165) is 0 Å². The molecule has 0 aliphatic rings. The molecule has 0 saturated carbocycles. The van der Waals surface area contributed by atoms with Crippen molar-refractivity contribution in [3.63, 3.8) is 0 Å². The number of nitrogens with zero attached hydrogens (tertiary/aromatic N) is 2. The Kier molecular flexibility index (Phi) is 4.96. The molecule has 0 radical (unpaired) electrons. The number of nitrogens with one attached hydrogen (secondary N) is 2. The molecule has 1 aromatic heterocycles. The van der Waals surface area contributed by atoms with E-state index in [1.54, 1.807) is 23.3 Å². The van der Waals surface area contributed by atoms with Gasteiger partial charge in [-0.25, -0.2) is 9.36 Å². The number of urea groups is 1. The van der Waals surface area contributed by atoms with E-state index < -0.39 is 12.3 Å². The highest BCUT2D eigenvalue weighted by Crippen LogP contribution is 1.79. The molecule has 7 heteroatoms. The molecule has 0 aliphatic carbocycles. The van der Waals surface area contributed by atoms with Gasteiger partial charge in [0, 0.05) is 0 Å². The average molecular weight is 221 g/mol. The topological polar surface area (TPSA) is 70.2 Å². The van der Waals surface area contributed by atoms with Crippen molar-refractivity contribution in [1.82, 2.24) is 9.99 Å².